The number of nitrogens with one attached hydrogen (secondary N) is 3. The van der Waals surface area contributed by atoms with Crippen molar-refractivity contribution in [1.82, 2.24) is 39.9 Å². The van der Waals surface area contributed by atoms with E-state index in [1.54, 1.807) is 44.6 Å². The van der Waals surface area contributed by atoms with Gasteiger partial charge in [0.25, 0.3) is 5.91 Å². The Morgan fingerprint density at radius 3 is 2.57 bits per heavy atom. The highest BCUT2D eigenvalue weighted by Crippen LogP contribution is 2.43. The number of amides is 2. The molecular weight excluding hydrogens is 1050 g/mol. The molecule has 9 rings (SSSR count). The Morgan fingerprint density at radius 1 is 1.05 bits per heavy atom. The van der Waals surface area contributed by atoms with Gasteiger partial charge in [-0.15, -0.1) is 5.01 Å². The van der Waals surface area contributed by atoms with Crippen LogP contribution in [0.1, 0.15) is 101 Å². The average Bonchev–Trinajstić information content (AvgIpc) is 4.05. The summed E-state index contributed by atoms with van der Waals surface area (Å²) in [5.74, 6) is 4.24. The maximum absolute atomic E-state index is 15.0. The number of nitroso groups, excluding NO2 is 1. The Balaban J connectivity index is 1.10. The molecule has 6 atom stereocenters. The number of hydrazine groups is 2. The number of sulfonamides is 1. The number of phenols is 1. The highest BCUT2D eigenvalue weighted by molar-refractivity contribution is 7.89. The largest absolute Gasteiger partial charge is 0.508 e. The number of carbonyl (C=O) groups is 3. The summed E-state index contributed by atoms with van der Waals surface area (Å²) in [6, 6.07) is 17.6. The first-order valence-corrected chi connectivity index (χ1v) is 29.7. The van der Waals surface area contributed by atoms with Crippen molar-refractivity contribution in [3.63, 3.8) is 0 Å². The van der Waals surface area contributed by atoms with E-state index in [2.05, 4.69) is 64.8 Å². The first-order chi connectivity index (χ1) is 38.6. The molecule has 0 unspecified atom stereocenters. The van der Waals surface area contributed by atoms with Crippen LogP contribution in [0.25, 0.3) is 33.3 Å². The summed E-state index contributed by atoms with van der Waals surface area (Å²) in [4.78, 5) is 66.0. The number of anilines is 1. The zero-order chi connectivity index (χ0) is 57.9. The van der Waals surface area contributed by atoms with Crippen LogP contribution >= 0.6 is 0 Å². The smallest absolute Gasteiger partial charge is 0.344 e. The number of hydrogen-bond donors (Lipinski definition) is 5. The number of rotatable bonds is 12. The summed E-state index contributed by atoms with van der Waals surface area (Å²) in [6.07, 6.45) is 2.26. The lowest BCUT2D eigenvalue weighted by atomic mass is 9.84. The first-order valence-electron chi connectivity index (χ1n) is 28.0. The molecule has 20 nitrogen and oxygen atoms in total. The molecule has 21 heteroatoms. The van der Waals surface area contributed by atoms with Crippen molar-refractivity contribution in [2.24, 2.45) is 11.3 Å². The maximum atomic E-state index is 15.0. The van der Waals surface area contributed by atoms with Crippen LogP contribution in [-0.2, 0) is 58.0 Å². The Hall–Kier alpha value is -6.93. The van der Waals surface area contributed by atoms with Crippen LogP contribution in [0.3, 0.4) is 0 Å². The Morgan fingerprint density at radius 2 is 1.83 bits per heavy atom. The van der Waals surface area contributed by atoms with Crippen LogP contribution in [0.4, 0.5) is 5.69 Å². The minimum atomic E-state index is -3.32. The lowest BCUT2D eigenvalue weighted by Gasteiger charge is -2.36. The van der Waals surface area contributed by atoms with E-state index >= 15 is 0 Å². The molecule has 4 aliphatic heterocycles. The fourth-order valence-electron chi connectivity index (χ4n) is 11.7. The Bertz CT molecular complexity index is 3350. The van der Waals surface area contributed by atoms with Gasteiger partial charge < -0.3 is 34.9 Å². The number of pyridine rings is 1. The monoisotopic (exact) mass is 1130 g/mol. The molecule has 0 saturated carbocycles. The number of nitrogens with zero attached hydrogens (tertiary/aromatic N) is 6. The van der Waals surface area contributed by atoms with Gasteiger partial charge in [-0.25, -0.2) is 18.6 Å². The van der Waals surface area contributed by atoms with Gasteiger partial charge in [0.15, 0.2) is 10.9 Å². The van der Waals surface area contributed by atoms with Crippen molar-refractivity contribution in [3.8, 4) is 40.0 Å². The van der Waals surface area contributed by atoms with Gasteiger partial charge in [0.1, 0.15) is 17.8 Å². The van der Waals surface area contributed by atoms with Crippen molar-refractivity contribution >= 4 is 44.4 Å². The molecule has 0 spiro atoms. The lowest BCUT2D eigenvalue weighted by molar-refractivity contribution is -0.763. The summed E-state index contributed by atoms with van der Waals surface area (Å²) in [5, 5.41) is 18.2. The van der Waals surface area contributed by atoms with E-state index < -0.39 is 69.6 Å². The molecule has 3 aromatic carbocycles. The molecule has 81 heavy (non-hydrogen) atoms. The summed E-state index contributed by atoms with van der Waals surface area (Å²) < 4.78 is 47.5. The second-order valence-corrected chi connectivity index (χ2v) is 24.9. The Labute approximate surface area is 474 Å². The number of aromatic nitrogens is 2. The van der Waals surface area contributed by atoms with Crippen molar-refractivity contribution in [3.05, 3.63) is 106 Å². The fourth-order valence-corrected chi connectivity index (χ4v) is 12.8. The third-order valence-corrected chi connectivity index (χ3v) is 17.3. The van der Waals surface area contributed by atoms with Crippen molar-refractivity contribution in [2.45, 2.75) is 117 Å². The zero-order valence-corrected chi connectivity index (χ0v) is 48.5. The minimum Gasteiger partial charge on any atom is -0.508 e. The minimum absolute atomic E-state index is 0.00271. The van der Waals surface area contributed by atoms with Gasteiger partial charge in [0.2, 0.25) is 15.9 Å². The summed E-state index contributed by atoms with van der Waals surface area (Å²) in [5.41, 5.74) is 17.0. The highest BCUT2D eigenvalue weighted by Gasteiger charge is 2.48. The predicted octanol–water partition coefficient (Wildman–Crippen LogP) is 5.80. The predicted molar refractivity (Wildman–Crippen MR) is 308 cm³/mol. The molecule has 4 aliphatic rings. The molecule has 6 heterocycles. The number of methoxy groups -OCH3 is 1. The summed E-state index contributed by atoms with van der Waals surface area (Å²) in [6.45, 7) is 14.6. The standard InChI is InChI=1S/C60H76N10O10S/c1-9-68-52-19-16-42-33-47(52)49(55(68)48-30-39(35-62-53(48)38(4)78-8)12-10-22-67-24-21-63-81(76,77)27-25-67)34-60(5,6)36-80-59(74)50-13-11-23-69(65-50)57(73)51(31-40-28-43(42)32-45(71)29-40)64-56(72)54(37(2)3)66(7)70(75)58-46(20-26-79-58)41-14-17-44(61)18-15-41/h14-19,28-30,32-33,35,37-38,46,50-51,54,58,63,65H,9,11,13,20-27,31,34,36,61H2,1-8H3,(H-,64,71,72)/p+1/t38-,46+,50-,51-,54-,58+/m0/s1. The fraction of sp³-hybridized carbons (Fsp3) is 0.500. The van der Waals surface area contributed by atoms with Gasteiger partial charge in [0, 0.05) is 85.6 Å². The number of aromatic hydroxyl groups is 1. The lowest BCUT2D eigenvalue weighted by Crippen LogP contribution is -2.62. The topological polar surface area (TPSA) is 243 Å². The van der Waals surface area contributed by atoms with Crippen LogP contribution in [-0.4, -0.2) is 151 Å². The van der Waals surface area contributed by atoms with E-state index in [4.69, 9.17) is 24.9 Å². The number of carbonyl (C=O) groups excluding carboxylic acids is 3. The number of benzene rings is 3. The number of likely N-dealkylation sites (N-methyl/N-ethyl adjacent to an activating group) is 1. The van der Waals surface area contributed by atoms with E-state index in [0.29, 0.717) is 98.0 Å². The maximum Gasteiger partial charge on any atom is 0.344 e. The molecule has 2 aromatic heterocycles. The molecule has 0 radical (unpaired) electrons. The molecule has 3 fully saturated rings. The SMILES string of the molecule is CCn1c(-c2cc(C#CCN3CCNS(=O)(=O)CC3)cnc2[C@H](C)OC)c2c3cc(ccc31)-c1cc(O)cc(c1)C[C@H](NC(=O)[C@H](C(C)C)N(C)[N+](=O)[C@@H]1OCC[C@@H]1c1ccc(N)cc1)C(=O)N1CCC[C@H](N1)C(=O)OCC(C)(C)C2. The van der Waals surface area contributed by atoms with E-state index in [1.807, 2.05) is 56.0 Å². The molecule has 6 N–H and O–H groups in total. The molecule has 2 amide bonds. The molecule has 3 saturated heterocycles. The number of nitrogen functional groups attached to an aromatic ring is 1. The molecule has 432 valence electrons. The third-order valence-electron chi connectivity index (χ3n) is 16.0. The zero-order valence-electron chi connectivity index (χ0n) is 47.7. The summed E-state index contributed by atoms with van der Waals surface area (Å²) >= 11 is 0. The van der Waals surface area contributed by atoms with Crippen LogP contribution in [0.2, 0.25) is 0 Å². The van der Waals surface area contributed by atoms with Crippen LogP contribution in [0.15, 0.2) is 72.9 Å². The Kier molecular flexibility index (Phi) is 17.9. The van der Waals surface area contributed by atoms with Gasteiger partial charge in [-0.1, -0.05) is 63.8 Å². The van der Waals surface area contributed by atoms with E-state index in [-0.39, 0.29) is 37.0 Å². The van der Waals surface area contributed by atoms with Gasteiger partial charge in [-0.05, 0) is 116 Å². The molecule has 0 aliphatic carbocycles. The third kappa shape index (κ3) is 13.2. The van der Waals surface area contributed by atoms with Gasteiger partial charge >= 0.3 is 12.2 Å². The molecule has 6 bridgehead atoms. The van der Waals surface area contributed by atoms with Gasteiger partial charge in [0.05, 0.1) is 60.9 Å². The van der Waals surface area contributed by atoms with E-state index in [9.17, 15) is 32.8 Å². The van der Waals surface area contributed by atoms with Gasteiger partial charge in [-0.3, -0.25) is 29.3 Å². The number of hydrogen-bond acceptors (Lipinski definition) is 14. The average molecular weight is 1130 g/mol. The number of fused-ring (bicyclic) bond motifs is 6. The number of nitrogens with two attached hydrogens (primary N) is 1. The number of esters is 1. The number of phenolic OH excluding ortho intramolecular Hbond substituents is 1. The van der Waals surface area contributed by atoms with Crippen LogP contribution < -0.4 is 21.2 Å². The van der Waals surface area contributed by atoms with E-state index in [0.717, 1.165) is 38.9 Å². The quantitative estimate of drug-likeness (QED) is 0.0326. The second-order valence-electron chi connectivity index (χ2n) is 22.9. The van der Waals surface area contributed by atoms with Crippen molar-refractivity contribution in [1.29, 1.82) is 0 Å². The van der Waals surface area contributed by atoms with Gasteiger partial charge in [-0.2, -0.15) is 0 Å². The van der Waals surface area contributed by atoms with Crippen LogP contribution in [0.5, 0.6) is 5.75 Å². The molecular formula is C60H77N10O10S+. The number of cyclic esters (lactones) is 1. The summed E-state index contributed by atoms with van der Waals surface area (Å²) in [7, 11) is -0.129. The number of ether oxygens (including phenoxy) is 3. The van der Waals surface area contributed by atoms with Crippen molar-refractivity contribution < 1.29 is 47.0 Å². The highest BCUT2D eigenvalue weighted by atomic mass is 32.2. The van der Waals surface area contributed by atoms with Crippen molar-refractivity contribution in [2.75, 3.05) is 71.6 Å². The first kappa shape index (κ1) is 58.7. The second kappa shape index (κ2) is 24.7. The number of aryl methyl sites for hydroxylation is 1. The van der Waals surface area contributed by atoms with E-state index in [1.165, 1.54) is 10.0 Å². The van der Waals surface area contributed by atoms with Crippen LogP contribution in [0, 0.1) is 28.1 Å². The normalized spacial score (nSPS) is 22.2. The molecule has 5 aromatic rings.